The van der Waals surface area contributed by atoms with Gasteiger partial charge in [0, 0.05) is 58.9 Å². The Morgan fingerprint density at radius 1 is 0.761 bits per heavy atom. The molecule has 0 saturated carbocycles. The quantitative estimate of drug-likeness (QED) is 0.0917. The highest BCUT2D eigenvalue weighted by Crippen LogP contribution is 2.20. The normalized spacial score (nSPS) is 14.1. The zero-order chi connectivity index (χ0) is 32.8. The summed E-state index contributed by atoms with van der Waals surface area (Å²) in [5, 5.41) is 19.8. The van der Waals surface area contributed by atoms with E-state index in [1.54, 1.807) is 26.2 Å². The zero-order valence-electron chi connectivity index (χ0n) is 25.5. The Kier molecular flexibility index (Phi) is 9.82. The van der Waals surface area contributed by atoms with Crippen molar-refractivity contribution in [2.24, 2.45) is 11.7 Å². The molecule has 4 unspecified atom stereocenters. The van der Waals surface area contributed by atoms with E-state index in [2.05, 4.69) is 35.9 Å². The number of nitrogens with one attached hydrogen (secondary N) is 6. The van der Waals surface area contributed by atoms with Gasteiger partial charge < -0.3 is 41.7 Å². The Bertz CT molecular complexity index is 1830. The van der Waals surface area contributed by atoms with Gasteiger partial charge in [-0.2, -0.15) is 0 Å². The topological polar surface area (TPSA) is 211 Å². The van der Waals surface area contributed by atoms with Crippen LogP contribution in [-0.2, 0) is 38.4 Å². The zero-order valence-corrected chi connectivity index (χ0v) is 25.5. The van der Waals surface area contributed by atoms with Crippen molar-refractivity contribution >= 4 is 45.5 Å². The molecule has 13 heteroatoms. The van der Waals surface area contributed by atoms with Crippen LogP contribution in [0.1, 0.15) is 30.7 Å². The summed E-state index contributed by atoms with van der Waals surface area (Å²) in [6.07, 6.45) is 6.85. The highest BCUT2D eigenvalue weighted by molar-refractivity contribution is 5.95. The Morgan fingerprint density at radius 3 is 1.91 bits per heavy atom. The number of fused-ring (bicyclic) bond motifs is 2. The fourth-order valence-corrected chi connectivity index (χ4v) is 5.51. The van der Waals surface area contributed by atoms with Gasteiger partial charge in [-0.25, -0.2) is 9.78 Å². The van der Waals surface area contributed by atoms with E-state index >= 15 is 0 Å². The first kappa shape index (κ1) is 32.0. The number of carboxylic acids is 1. The Labute approximate surface area is 264 Å². The van der Waals surface area contributed by atoms with Gasteiger partial charge in [-0.1, -0.05) is 50.2 Å². The van der Waals surface area contributed by atoms with Crippen LogP contribution in [0.15, 0.2) is 73.4 Å². The number of carboxylic acid groups (broad SMARTS) is 1. The van der Waals surface area contributed by atoms with E-state index in [0.29, 0.717) is 5.69 Å². The lowest BCUT2D eigenvalue weighted by atomic mass is 10.00. The molecule has 0 fully saturated rings. The minimum atomic E-state index is -1.24. The molecule has 0 bridgehead atoms. The number of benzene rings is 2. The van der Waals surface area contributed by atoms with Crippen molar-refractivity contribution in [3.8, 4) is 0 Å². The summed E-state index contributed by atoms with van der Waals surface area (Å²) in [5.74, 6) is -3.43. The maximum atomic E-state index is 13.7. The Morgan fingerprint density at radius 2 is 1.35 bits per heavy atom. The number of para-hydroxylation sites is 2. The number of rotatable bonds is 14. The summed E-state index contributed by atoms with van der Waals surface area (Å²) in [4.78, 5) is 65.8. The van der Waals surface area contributed by atoms with E-state index in [9.17, 15) is 24.3 Å². The number of carbonyl (C=O) groups is 4. The highest BCUT2D eigenvalue weighted by Gasteiger charge is 2.32. The van der Waals surface area contributed by atoms with Crippen LogP contribution in [0.4, 0.5) is 0 Å². The number of nitrogens with two attached hydrogens (primary N) is 1. The molecule has 3 amide bonds. The summed E-state index contributed by atoms with van der Waals surface area (Å²) in [6.45, 7) is 3.47. The largest absolute Gasteiger partial charge is 0.480 e. The second-order valence-electron chi connectivity index (χ2n) is 11.7. The first-order valence-corrected chi connectivity index (χ1v) is 15.1. The van der Waals surface area contributed by atoms with E-state index in [0.717, 1.165) is 32.9 Å². The van der Waals surface area contributed by atoms with E-state index in [1.165, 1.54) is 12.5 Å². The molecule has 3 aromatic heterocycles. The van der Waals surface area contributed by atoms with E-state index in [1.807, 2.05) is 48.5 Å². The molecule has 3 heterocycles. The van der Waals surface area contributed by atoms with Gasteiger partial charge >= 0.3 is 5.97 Å². The highest BCUT2D eigenvalue weighted by atomic mass is 16.4. The van der Waals surface area contributed by atoms with Gasteiger partial charge in [0.05, 0.1) is 12.4 Å². The summed E-state index contributed by atoms with van der Waals surface area (Å²) in [5.41, 5.74) is 10.3. The third-order valence-corrected chi connectivity index (χ3v) is 8.02. The molecule has 46 heavy (non-hydrogen) atoms. The van der Waals surface area contributed by atoms with Crippen molar-refractivity contribution in [3.05, 3.63) is 90.3 Å². The Balaban J connectivity index is 1.27. The van der Waals surface area contributed by atoms with Crippen molar-refractivity contribution in [2.75, 3.05) is 0 Å². The lowest BCUT2D eigenvalue weighted by molar-refractivity contribution is -0.142. The molecule has 13 nitrogen and oxygen atoms in total. The van der Waals surface area contributed by atoms with Crippen molar-refractivity contribution in [1.29, 1.82) is 0 Å². The predicted molar refractivity (Wildman–Crippen MR) is 173 cm³/mol. The van der Waals surface area contributed by atoms with Gasteiger partial charge in [-0.3, -0.25) is 14.4 Å². The molecule has 0 aliphatic rings. The number of hydrogen-bond acceptors (Lipinski definition) is 6. The van der Waals surface area contributed by atoms with Crippen LogP contribution < -0.4 is 21.7 Å². The number of aromatic nitrogens is 4. The number of aromatic amines is 3. The van der Waals surface area contributed by atoms with E-state index < -0.39 is 53.8 Å². The summed E-state index contributed by atoms with van der Waals surface area (Å²) >= 11 is 0. The smallest absolute Gasteiger partial charge is 0.326 e. The molecule has 5 rings (SSSR count). The third kappa shape index (κ3) is 7.44. The van der Waals surface area contributed by atoms with Gasteiger partial charge in [0.2, 0.25) is 17.7 Å². The number of H-pyrrole nitrogens is 3. The molecular weight excluding hydrogens is 588 g/mol. The third-order valence-electron chi connectivity index (χ3n) is 8.02. The van der Waals surface area contributed by atoms with Crippen LogP contribution in [-0.4, -0.2) is 72.9 Å². The molecular formula is C33H38N8O5. The SMILES string of the molecule is CC(C)C(NC(=O)C(Cc1cnc[nH]1)NC(=O)C(N)Cc1c[nH]c2ccccc12)C(=O)NC(Cc1c[nH]c2ccccc12)C(=O)O. The Hall–Kier alpha value is -5.43. The fraction of sp³-hybridized carbons (Fsp3) is 0.303. The minimum Gasteiger partial charge on any atom is -0.480 e. The maximum Gasteiger partial charge on any atom is 0.326 e. The van der Waals surface area contributed by atoms with Gasteiger partial charge in [0.15, 0.2) is 0 Å². The summed E-state index contributed by atoms with van der Waals surface area (Å²) in [6, 6.07) is 10.8. The van der Waals surface area contributed by atoms with Crippen LogP contribution in [0.25, 0.3) is 21.8 Å². The number of carbonyl (C=O) groups excluding carboxylic acids is 3. The summed E-state index contributed by atoms with van der Waals surface area (Å²) < 4.78 is 0. The fourth-order valence-electron chi connectivity index (χ4n) is 5.51. The van der Waals surface area contributed by atoms with Gasteiger partial charge in [-0.15, -0.1) is 0 Å². The van der Waals surface area contributed by atoms with Crippen LogP contribution in [0.3, 0.4) is 0 Å². The predicted octanol–water partition coefficient (Wildman–Crippen LogP) is 1.92. The number of imidazole rings is 1. The first-order valence-electron chi connectivity index (χ1n) is 15.1. The van der Waals surface area contributed by atoms with E-state index in [4.69, 9.17) is 5.73 Å². The number of amides is 3. The molecule has 240 valence electrons. The standard InChI is InChI=1S/C33H38N8O5/c1-18(2)29(32(44)40-28(33(45)46)12-20-15-37-26-10-6-4-8-23(20)26)41-31(43)27(13-21-16-35-17-38-21)39-30(42)24(34)11-19-14-36-25-9-5-3-7-22(19)25/h3-10,14-18,24,27-29,36-37H,11-13,34H2,1-2H3,(H,35,38)(H,39,42)(H,40,44)(H,41,43)(H,45,46). The van der Waals surface area contributed by atoms with Crippen molar-refractivity contribution in [1.82, 2.24) is 35.9 Å². The first-order chi connectivity index (χ1) is 22.1. The second-order valence-corrected chi connectivity index (χ2v) is 11.7. The molecule has 0 saturated heterocycles. The molecule has 2 aromatic carbocycles. The van der Waals surface area contributed by atoms with Crippen LogP contribution in [0.5, 0.6) is 0 Å². The average molecular weight is 627 g/mol. The van der Waals surface area contributed by atoms with Crippen molar-refractivity contribution < 1.29 is 24.3 Å². The number of hydrogen-bond donors (Lipinski definition) is 8. The maximum absolute atomic E-state index is 13.7. The van der Waals surface area contributed by atoms with Crippen LogP contribution in [0, 0.1) is 5.92 Å². The minimum absolute atomic E-state index is 0.0384. The van der Waals surface area contributed by atoms with Crippen LogP contribution >= 0.6 is 0 Å². The van der Waals surface area contributed by atoms with Gasteiger partial charge in [0.1, 0.15) is 18.1 Å². The van der Waals surface area contributed by atoms with E-state index in [-0.39, 0.29) is 19.3 Å². The lowest BCUT2D eigenvalue weighted by Crippen LogP contribution is -2.59. The van der Waals surface area contributed by atoms with Gasteiger partial charge in [-0.05, 0) is 35.6 Å². The number of nitrogens with zero attached hydrogens (tertiary/aromatic N) is 1. The second kappa shape index (κ2) is 14.1. The summed E-state index contributed by atoms with van der Waals surface area (Å²) in [7, 11) is 0. The van der Waals surface area contributed by atoms with Crippen molar-refractivity contribution in [2.45, 2.75) is 57.3 Å². The molecule has 9 N–H and O–H groups in total. The monoisotopic (exact) mass is 626 g/mol. The average Bonchev–Trinajstić information content (AvgIpc) is 3.80. The number of aliphatic carboxylic acids is 1. The molecule has 5 aromatic rings. The molecule has 0 aliphatic carbocycles. The lowest BCUT2D eigenvalue weighted by Gasteiger charge is -2.27. The van der Waals surface area contributed by atoms with Crippen molar-refractivity contribution in [3.63, 3.8) is 0 Å². The molecule has 4 atom stereocenters. The molecule has 0 radical (unpaired) electrons. The molecule has 0 spiro atoms. The van der Waals surface area contributed by atoms with Gasteiger partial charge in [0.25, 0.3) is 0 Å². The van der Waals surface area contributed by atoms with Crippen LogP contribution in [0.2, 0.25) is 0 Å². The molecule has 0 aliphatic heterocycles.